The third kappa shape index (κ3) is 6.29. The van der Waals surface area contributed by atoms with Crippen molar-refractivity contribution in [3.05, 3.63) is 148 Å². The Labute approximate surface area is 279 Å². The predicted molar refractivity (Wildman–Crippen MR) is 185 cm³/mol. The third-order valence-electron chi connectivity index (χ3n) is 7.76. The minimum absolute atomic E-state index is 0.0364. The van der Waals surface area contributed by atoms with Crippen LogP contribution in [-0.2, 0) is 16.6 Å². The molecule has 0 aromatic heterocycles. The van der Waals surface area contributed by atoms with Crippen molar-refractivity contribution in [2.24, 2.45) is 0 Å². The lowest BCUT2D eigenvalue weighted by molar-refractivity contribution is 0.0968. The van der Waals surface area contributed by atoms with Gasteiger partial charge in [0.05, 0.1) is 32.8 Å². The number of carbonyl (C=O) groups is 1. The molecule has 0 bridgehead atoms. The van der Waals surface area contributed by atoms with E-state index < -0.39 is 22.1 Å². The highest BCUT2D eigenvalue weighted by Gasteiger charge is 2.41. The molecule has 5 aromatic rings. The van der Waals surface area contributed by atoms with Crippen LogP contribution in [0.3, 0.4) is 0 Å². The van der Waals surface area contributed by atoms with Crippen LogP contribution in [0.5, 0.6) is 5.75 Å². The van der Waals surface area contributed by atoms with Gasteiger partial charge in [-0.2, -0.15) is 0 Å². The van der Waals surface area contributed by atoms with E-state index >= 15 is 0 Å². The van der Waals surface area contributed by atoms with Gasteiger partial charge in [0.15, 0.2) is 0 Å². The summed E-state index contributed by atoms with van der Waals surface area (Å²) in [6, 6.07) is 34.1. The Bertz CT molecular complexity index is 1990. The van der Waals surface area contributed by atoms with Crippen LogP contribution < -0.4 is 19.3 Å². The highest BCUT2D eigenvalue weighted by atomic mass is 35.5. The molecule has 7 nitrogen and oxygen atoms in total. The largest absolute Gasteiger partial charge is 0.494 e. The van der Waals surface area contributed by atoms with Crippen molar-refractivity contribution < 1.29 is 17.9 Å². The topological polar surface area (TPSA) is 78.9 Å². The molecule has 0 unspecified atom stereocenters. The maximum atomic E-state index is 14.7. The molecule has 0 fully saturated rings. The normalized spacial score (nSPS) is 14.6. The number of nitrogens with zero attached hydrogens (tertiary/aromatic N) is 2. The number of ether oxygens (including phenoxy) is 1. The first-order chi connectivity index (χ1) is 22.2. The Morgan fingerprint density at radius 1 is 0.848 bits per heavy atom. The molecule has 1 aliphatic heterocycles. The van der Waals surface area contributed by atoms with Gasteiger partial charge in [-0.25, -0.2) is 8.42 Å². The zero-order chi connectivity index (χ0) is 32.4. The van der Waals surface area contributed by atoms with E-state index in [1.165, 1.54) is 12.1 Å². The molecule has 1 aliphatic rings. The molecular formula is C36H31Cl2N3O4S. The quantitative estimate of drug-likeness (QED) is 0.169. The van der Waals surface area contributed by atoms with E-state index in [-0.39, 0.29) is 10.5 Å². The fourth-order valence-corrected chi connectivity index (χ4v) is 7.05. The van der Waals surface area contributed by atoms with E-state index in [4.69, 9.17) is 27.9 Å². The highest BCUT2D eigenvalue weighted by molar-refractivity contribution is 7.92. The number of hydrogen-bond donors (Lipinski definition) is 1. The Hall–Kier alpha value is -4.50. The molecular weight excluding hydrogens is 641 g/mol. The lowest BCUT2D eigenvalue weighted by atomic mass is 9.99. The molecule has 5 aromatic carbocycles. The third-order valence-corrected chi connectivity index (χ3v) is 9.97. The van der Waals surface area contributed by atoms with E-state index in [2.05, 4.69) is 4.72 Å². The number of rotatable bonds is 9. The summed E-state index contributed by atoms with van der Waals surface area (Å²) in [6.07, 6.45) is -0.725. The maximum absolute atomic E-state index is 14.7. The van der Waals surface area contributed by atoms with Gasteiger partial charge in [0.1, 0.15) is 11.9 Å². The number of fused-ring (bicyclic) bond motifs is 1. The first-order valence-electron chi connectivity index (χ1n) is 14.7. The van der Waals surface area contributed by atoms with Gasteiger partial charge in [-0.05, 0) is 80.1 Å². The Morgan fingerprint density at radius 2 is 1.57 bits per heavy atom. The molecule has 6 rings (SSSR count). The Kier molecular flexibility index (Phi) is 8.95. The predicted octanol–water partition coefficient (Wildman–Crippen LogP) is 8.87. The van der Waals surface area contributed by atoms with Crippen molar-refractivity contribution in [2.45, 2.75) is 31.5 Å². The first kappa shape index (κ1) is 31.5. The van der Waals surface area contributed by atoms with Gasteiger partial charge in [-0.15, -0.1) is 0 Å². The number of hydrogen-bond acceptors (Lipinski definition) is 5. The van der Waals surface area contributed by atoms with Crippen molar-refractivity contribution in [2.75, 3.05) is 21.1 Å². The lowest BCUT2D eigenvalue weighted by Crippen LogP contribution is -2.49. The van der Waals surface area contributed by atoms with Gasteiger partial charge in [-0.3, -0.25) is 14.4 Å². The summed E-state index contributed by atoms with van der Waals surface area (Å²) in [4.78, 5) is 18.3. The molecule has 46 heavy (non-hydrogen) atoms. The molecule has 234 valence electrons. The molecule has 0 aliphatic carbocycles. The lowest BCUT2D eigenvalue weighted by Gasteiger charge is -2.46. The molecule has 0 radical (unpaired) electrons. The summed E-state index contributed by atoms with van der Waals surface area (Å²) in [5.41, 5.74) is 4.39. The fraction of sp³-hybridized carbons (Fsp3) is 0.139. The van der Waals surface area contributed by atoms with Crippen LogP contribution in [0.2, 0.25) is 10.0 Å². The van der Waals surface area contributed by atoms with Crippen LogP contribution >= 0.6 is 23.2 Å². The summed E-state index contributed by atoms with van der Waals surface area (Å²) >= 11 is 13.4. The number of sulfonamides is 1. The zero-order valence-corrected chi connectivity index (χ0v) is 27.5. The molecule has 10 heteroatoms. The molecule has 1 atom stereocenters. The number of nitrogens with one attached hydrogen (secondary N) is 1. The van der Waals surface area contributed by atoms with Crippen molar-refractivity contribution in [3.8, 4) is 5.75 Å². The van der Waals surface area contributed by atoms with Crippen molar-refractivity contribution >= 4 is 56.2 Å². The highest BCUT2D eigenvalue weighted by Crippen LogP contribution is 2.46. The number of halogens is 2. The standard InChI is InChI=1S/C36H31Cl2N3O4S/c1-3-45-28-18-16-27(17-19-28)41-35(30-10-7-11-32(37)34(30)38)40(23-25-8-5-4-6-9-25)33-21-20-29(22-31(33)36(41)42)46(43,44)39-26-14-12-24(2)13-15-26/h4-22,35,39H,3,23H2,1-2H3/t35-/m0/s1. The van der Waals surface area contributed by atoms with E-state index in [9.17, 15) is 13.2 Å². The van der Waals surface area contributed by atoms with E-state index in [1.54, 1.807) is 59.5 Å². The average molecular weight is 673 g/mol. The second kappa shape index (κ2) is 13.1. The molecule has 1 amide bonds. The van der Waals surface area contributed by atoms with E-state index in [0.29, 0.717) is 51.6 Å². The SMILES string of the molecule is CCOc1ccc(N2C(=O)c3cc(S(=O)(=O)Nc4ccc(C)cc4)ccc3N(Cc3ccccc3)[C@@H]2c2cccc(Cl)c2Cl)cc1. The zero-order valence-electron chi connectivity index (χ0n) is 25.2. The number of anilines is 3. The van der Waals surface area contributed by atoms with Crippen LogP contribution in [0, 0.1) is 6.92 Å². The van der Waals surface area contributed by atoms with Crippen molar-refractivity contribution in [3.63, 3.8) is 0 Å². The number of amides is 1. The number of benzene rings is 5. The van der Waals surface area contributed by atoms with Crippen molar-refractivity contribution in [1.29, 1.82) is 0 Å². The maximum Gasteiger partial charge on any atom is 0.262 e. The second-order valence-corrected chi connectivity index (χ2v) is 13.4. The molecule has 0 spiro atoms. The van der Waals surface area contributed by atoms with Gasteiger partial charge >= 0.3 is 0 Å². The van der Waals surface area contributed by atoms with Gasteiger partial charge in [0.2, 0.25) is 0 Å². The van der Waals surface area contributed by atoms with Crippen LogP contribution in [-0.4, -0.2) is 20.9 Å². The summed E-state index contributed by atoms with van der Waals surface area (Å²) in [7, 11) is -4.03. The minimum atomic E-state index is -4.03. The van der Waals surface area contributed by atoms with Gasteiger partial charge < -0.3 is 9.64 Å². The fourth-order valence-electron chi connectivity index (χ4n) is 5.56. The molecule has 1 N–H and O–H groups in total. The van der Waals surface area contributed by atoms with Gasteiger partial charge in [0.25, 0.3) is 15.9 Å². The summed E-state index contributed by atoms with van der Waals surface area (Å²) < 4.78 is 35.4. The van der Waals surface area contributed by atoms with Gasteiger partial charge in [0, 0.05) is 23.5 Å². The van der Waals surface area contributed by atoms with Crippen LogP contribution in [0.4, 0.5) is 17.1 Å². The first-order valence-corrected chi connectivity index (χ1v) is 16.9. The molecule has 0 saturated carbocycles. The number of aryl methyl sites for hydroxylation is 1. The van der Waals surface area contributed by atoms with Crippen LogP contribution in [0.15, 0.2) is 120 Å². The minimum Gasteiger partial charge on any atom is -0.494 e. The Morgan fingerprint density at radius 3 is 2.26 bits per heavy atom. The van der Waals surface area contributed by atoms with Crippen LogP contribution in [0.25, 0.3) is 0 Å². The molecule has 1 heterocycles. The second-order valence-electron chi connectivity index (χ2n) is 10.9. The van der Waals surface area contributed by atoms with Crippen molar-refractivity contribution in [1.82, 2.24) is 0 Å². The number of carbonyl (C=O) groups excluding carboxylic acids is 1. The smallest absolute Gasteiger partial charge is 0.262 e. The monoisotopic (exact) mass is 671 g/mol. The summed E-state index contributed by atoms with van der Waals surface area (Å²) in [6.45, 7) is 4.70. The van der Waals surface area contributed by atoms with E-state index in [0.717, 1.165) is 11.1 Å². The Balaban J connectivity index is 1.54. The summed E-state index contributed by atoms with van der Waals surface area (Å²) in [5.74, 6) is 0.266. The molecule has 0 saturated heterocycles. The average Bonchev–Trinajstić information content (AvgIpc) is 3.05. The van der Waals surface area contributed by atoms with Gasteiger partial charge in [-0.1, -0.05) is 83.4 Å². The van der Waals surface area contributed by atoms with E-state index in [1.807, 2.05) is 67.3 Å². The van der Waals surface area contributed by atoms with Crippen LogP contribution in [0.1, 0.15) is 40.1 Å². The summed E-state index contributed by atoms with van der Waals surface area (Å²) in [5, 5.41) is 0.674.